The molecule has 0 aliphatic carbocycles. The average Bonchev–Trinajstić information content (AvgIpc) is 2.55. The van der Waals surface area contributed by atoms with Crippen LogP contribution in [-0.4, -0.2) is 23.1 Å². The molecular formula is C15H9Cl4N3O3. The van der Waals surface area contributed by atoms with Crippen LogP contribution < -0.4 is 10.7 Å². The number of aromatic hydroxyl groups is 1. The summed E-state index contributed by atoms with van der Waals surface area (Å²) in [6.07, 6.45) is 1.09. The summed E-state index contributed by atoms with van der Waals surface area (Å²) in [6, 6.07) is 7.08. The minimum Gasteiger partial charge on any atom is -0.506 e. The predicted molar refractivity (Wildman–Crippen MR) is 99.0 cm³/mol. The van der Waals surface area contributed by atoms with Gasteiger partial charge in [0.1, 0.15) is 5.75 Å². The van der Waals surface area contributed by atoms with Crippen LogP contribution in [0, 0.1) is 0 Å². The van der Waals surface area contributed by atoms with Crippen molar-refractivity contribution in [2.75, 3.05) is 5.32 Å². The molecule has 2 aromatic rings. The molecule has 0 saturated carbocycles. The summed E-state index contributed by atoms with van der Waals surface area (Å²) in [4.78, 5) is 23.5. The van der Waals surface area contributed by atoms with Gasteiger partial charge >= 0.3 is 11.8 Å². The highest BCUT2D eigenvalue weighted by Crippen LogP contribution is 2.30. The van der Waals surface area contributed by atoms with E-state index in [1.54, 1.807) is 0 Å². The van der Waals surface area contributed by atoms with Crippen molar-refractivity contribution < 1.29 is 14.7 Å². The van der Waals surface area contributed by atoms with Crippen LogP contribution in [0.5, 0.6) is 5.75 Å². The van der Waals surface area contributed by atoms with Crippen LogP contribution >= 0.6 is 46.4 Å². The highest BCUT2D eigenvalue weighted by molar-refractivity contribution is 6.43. The molecule has 0 atom stereocenters. The number of nitrogens with one attached hydrogen (secondary N) is 2. The highest BCUT2D eigenvalue weighted by Gasteiger charge is 2.14. The van der Waals surface area contributed by atoms with E-state index in [1.807, 2.05) is 5.43 Å². The van der Waals surface area contributed by atoms with E-state index in [2.05, 4.69) is 10.4 Å². The van der Waals surface area contributed by atoms with Gasteiger partial charge < -0.3 is 10.4 Å². The summed E-state index contributed by atoms with van der Waals surface area (Å²) < 4.78 is 0. The van der Waals surface area contributed by atoms with Crippen LogP contribution in [-0.2, 0) is 9.59 Å². The van der Waals surface area contributed by atoms with Crippen LogP contribution in [0.2, 0.25) is 20.1 Å². The molecule has 0 heterocycles. The molecule has 0 bridgehead atoms. The number of hydrazone groups is 1. The third-order valence-electron chi connectivity index (χ3n) is 2.81. The number of hydrogen-bond acceptors (Lipinski definition) is 4. The van der Waals surface area contributed by atoms with Gasteiger partial charge in [0.15, 0.2) is 0 Å². The van der Waals surface area contributed by atoms with Crippen LogP contribution in [0.15, 0.2) is 35.4 Å². The molecule has 3 N–H and O–H groups in total. The molecule has 0 spiro atoms. The summed E-state index contributed by atoms with van der Waals surface area (Å²) >= 11 is 23.1. The van der Waals surface area contributed by atoms with Crippen molar-refractivity contribution in [2.45, 2.75) is 0 Å². The first-order valence-electron chi connectivity index (χ1n) is 6.55. The van der Waals surface area contributed by atoms with Crippen molar-refractivity contribution in [2.24, 2.45) is 5.10 Å². The summed E-state index contributed by atoms with van der Waals surface area (Å²) in [5.41, 5.74) is 2.46. The van der Waals surface area contributed by atoms with Gasteiger partial charge in [0.05, 0.1) is 21.3 Å². The van der Waals surface area contributed by atoms with E-state index in [4.69, 9.17) is 46.4 Å². The number of phenolic OH excluding ortho intramolecular Hbond substituents is 1. The number of phenols is 1. The zero-order chi connectivity index (χ0) is 18.6. The van der Waals surface area contributed by atoms with Gasteiger partial charge in [0.25, 0.3) is 0 Å². The van der Waals surface area contributed by atoms with E-state index < -0.39 is 11.8 Å². The predicted octanol–water partition coefficient (Wildman–Crippen LogP) is 4.09. The SMILES string of the molecule is O=C(N/N=C/c1cc(Cl)cc(Cl)c1O)C(=O)Nc1ccc(Cl)c(Cl)c1. The smallest absolute Gasteiger partial charge is 0.329 e. The Morgan fingerprint density at radius 2 is 1.68 bits per heavy atom. The molecular weight excluding hydrogens is 412 g/mol. The minimum atomic E-state index is -1.03. The number of anilines is 1. The normalized spacial score (nSPS) is 10.7. The molecule has 10 heteroatoms. The highest BCUT2D eigenvalue weighted by atomic mass is 35.5. The fourth-order valence-corrected chi connectivity index (χ4v) is 2.46. The topological polar surface area (TPSA) is 90.8 Å². The van der Waals surface area contributed by atoms with Gasteiger partial charge in [-0.1, -0.05) is 46.4 Å². The van der Waals surface area contributed by atoms with Crippen molar-refractivity contribution in [3.05, 3.63) is 56.0 Å². The van der Waals surface area contributed by atoms with E-state index >= 15 is 0 Å². The summed E-state index contributed by atoms with van der Waals surface area (Å²) in [5, 5.41) is 16.5. The van der Waals surface area contributed by atoms with E-state index in [9.17, 15) is 14.7 Å². The molecule has 0 aliphatic heterocycles. The Hall–Kier alpha value is -1.99. The van der Waals surface area contributed by atoms with Crippen LogP contribution in [0.1, 0.15) is 5.56 Å². The molecule has 130 valence electrons. The summed E-state index contributed by atoms with van der Waals surface area (Å²) in [5.74, 6) is -2.26. The largest absolute Gasteiger partial charge is 0.506 e. The van der Waals surface area contributed by atoms with Crippen molar-refractivity contribution in [1.82, 2.24) is 5.43 Å². The van der Waals surface area contributed by atoms with Crippen LogP contribution in [0.4, 0.5) is 5.69 Å². The quantitative estimate of drug-likeness (QED) is 0.396. The molecule has 0 radical (unpaired) electrons. The first-order valence-corrected chi connectivity index (χ1v) is 8.06. The van der Waals surface area contributed by atoms with Gasteiger partial charge in [-0.05, 0) is 30.3 Å². The average molecular weight is 421 g/mol. The van der Waals surface area contributed by atoms with Crippen molar-refractivity contribution in [1.29, 1.82) is 0 Å². The van der Waals surface area contributed by atoms with Gasteiger partial charge in [-0.3, -0.25) is 9.59 Å². The second kappa shape index (κ2) is 8.40. The van der Waals surface area contributed by atoms with Gasteiger partial charge in [0.2, 0.25) is 0 Å². The summed E-state index contributed by atoms with van der Waals surface area (Å²) in [7, 11) is 0. The Bertz CT molecular complexity index is 871. The molecule has 2 rings (SSSR count). The maximum Gasteiger partial charge on any atom is 0.329 e. The van der Waals surface area contributed by atoms with Crippen molar-refractivity contribution >= 4 is 70.1 Å². The molecule has 0 aliphatic rings. The zero-order valence-corrected chi connectivity index (χ0v) is 15.2. The Morgan fingerprint density at radius 1 is 0.960 bits per heavy atom. The zero-order valence-electron chi connectivity index (χ0n) is 12.2. The Morgan fingerprint density at radius 3 is 2.36 bits per heavy atom. The van der Waals surface area contributed by atoms with E-state index in [0.29, 0.717) is 5.02 Å². The number of amides is 2. The Kier molecular flexibility index (Phi) is 6.50. The molecule has 2 aromatic carbocycles. The first kappa shape index (κ1) is 19.3. The number of rotatable bonds is 3. The Labute approximate surface area is 162 Å². The maximum absolute atomic E-state index is 11.8. The van der Waals surface area contributed by atoms with Crippen molar-refractivity contribution in [3.8, 4) is 5.75 Å². The lowest BCUT2D eigenvalue weighted by Gasteiger charge is -2.05. The first-order chi connectivity index (χ1) is 11.8. The number of halogens is 4. The molecule has 2 amide bonds. The number of carbonyl (C=O) groups is 2. The second-order valence-electron chi connectivity index (χ2n) is 4.61. The van der Waals surface area contributed by atoms with E-state index in [1.165, 1.54) is 30.3 Å². The van der Waals surface area contributed by atoms with Gasteiger partial charge in [-0.2, -0.15) is 5.10 Å². The molecule has 0 saturated heterocycles. The number of nitrogens with zero attached hydrogens (tertiary/aromatic N) is 1. The minimum absolute atomic E-state index is 0.0256. The van der Waals surface area contributed by atoms with Crippen LogP contribution in [0.25, 0.3) is 0 Å². The lowest BCUT2D eigenvalue weighted by atomic mass is 10.2. The van der Waals surface area contributed by atoms with Crippen molar-refractivity contribution in [3.63, 3.8) is 0 Å². The number of hydrogen-bond donors (Lipinski definition) is 3. The lowest BCUT2D eigenvalue weighted by Crippen LogP contribution is -2.32. The summed E-state index contributed by atoms with van der Waals surface area (Å²) in [6.45, 7) is 0. The van der Waals surface area contributed by atoms with Crippen LogP contribution in [0.3, 0.4) is 0 Å². The van der Waals surface area contributed by atoms with Gasteiger partial charge in [0, 0.05) is 16.3 Å². The van der Waals surface area contributed by atoms with E-state index in [0.717, 1.165) is 6.21 Å². The standard InChI is InChI=1S/C15H9Cl4N3O3/c16-8-3-7(13(23)12(19)4-8)6-20-22-15(25)14(24)21-9-1-2-10(17)11(18)5-9/h1-6,23H,(H,21,24)(H,22,25)/b20-6+. The number of carbonyl (C=O) groups excluding carboxylic acids is 2. The Balaban J connectivity index is 1.99. The fourth-order valence-electron chi connectivity index (χ4n) is 1.66. The molecule has 0 aromatic heterocycles. The second-order valence-corrected chi connectivity index (χ2v) is 6.27. The maximum atomic E-state index is 11.8. The molecule has 6 nitrogen and oxygen atoms in total. The molecule has 0 fully saturated rings. The fraction of sp³-hybridized carbons (Fsp3) is 0. The molecule has 25 heavy (non-hydrogen) atoms. The third-order valence-corrected chi connectivity index (χ3v) is 4.06. The lowest BCUT2D eigenvalue weighted by molar-refractivity contribution is -0.136. The number of benzene rings is 2. The monoisotopic (exact) mass is 419 g/mol. The third kappa shape index (κ3) is 5.24. The van der Waals surface area contributed by atoms with Gasteiger partial charge in [-0.25, -0.2) is 5.43 Å². The van der Waals surface area contributed by atoms with E-state index in [-0.39, 0.29) is 32.1 Å². The van der Waals surface area contributed by atoms with Gasteiger partial charge in [-0.15, -0.1) is 0 Å². The molecule has 0 unspecified atom stereocenters.